The Labute approximate surface area is 215 Å². The molecule has 0 saturated heterocycles. The van der Waals surface area contributed by atoms with Crippen molar-refractivity contribution in [3.05, 3.63) is 75.1 Å². The van der Waals surface area contributed by atoms with Crippen LogP contribution in [0.3, 0.4) is 0 Å². The molecule has 0 unspecified atom stereocenters. The number of fused-ring (bicyclic) bond motifs is 3. The third-order valence-electron chi connectivity index (χ3n) is 7.90. The van der Waals surface area contributed by atoms with Gasteiger partial charge in [0.15, 0.2) is 17.1 Å². The number of carbonyl (C=O) groups excluding carboxylic acids is 1. The van der Waals surface area contributed by atoms with E-state index in [1.807, 2.05) is 38.1 Å². The highest BCUT2D eigenvalue weighted by molar-refractivity contribution is 5.85. The lowest BCUT2D eigenvalue weighted by Crippen LogP contribution is -2.14. The second-order valence-electron chi connectivity index (χ2n) is 9.92. The molecule has 0 aliphatic carbocycles. The predicted octanol–water partition coefficient (Wildman–Crippen LogP) is 6.12. The number of carbonyl (C=O) groups is 1. The van der Waals surface area contributed by atoms with Gasteiger partial charge in [-0.15, -0.1) is 0 Å². The van der Waals surface area contributed by atoms with Crippen LogP contribution in [-0.2, 0) is 35.5 Å². The lowest BCUT2D eigenvalue weighted by Gasteiger charge is -2.25. The third-order valence-corrected chi connectivity index (χ3v) is 7.90. The third kappa shape index (κ3) is 3.76. The Bertz CT molecular complexity index is 1540. The van der Waals surface area contributed by atoms with Gasteiger partial charge in [0.25, 0.3) is 6.01 Å². The van der Waals surface area contributed by atoms with Gasteiger partial charge in [0, 0.05) is 18.7 Å². The topological polar surface area (TPSA) is 64.8 Å². The largest absolute Gasteiger partial charge is 0.490 e. The highest BCUT2D eigenvalue weighted by Crippen LogP contribution is 2.44. The lowest BCUT2D eigenvalue weighted by molar-refractivity contribution is -0.139. The second-order valence-corrected chi connectivity index (χ2v) is 9.92. The SMILES string of the molecule is COC(=O)Cc1c(C)c2c(c(C)c1-c1cc(F)c3c(c1C)CCCO3)CN(c1nc3ccccc3o1)C2. The molecule has 0 radical (unpaired) electrons. The van der Waals surface area contributed by atoms with Gasteiger partial charge in [-0.25, -0.2) is 4.39 Å². The van der Waals surface area contributed by atoms with E-state index in [1.165, 1.54) is 7.11 Å². The molecule has 0 saturated carbocycles. The Morgan fingerprint density at radius 3 is 2.59 bits per heavy atom. The first kappa shape index (κ1) is 23.5. The summed E-state index contributed by atoms with van der Waals surface area (Å²) < 4.78 is 32.1. The Morgan fingerprint density at radius 1 is 1.08 bits per heavy atom. The number of oxazole rings is 1. The molecule has 0 spiro atoms. The maximum atomic E-state index is 15.3. The number of hydrogen-bond acceptors (Lipinski definition) is 6. The van der Waals surface area contributed by atoms with E-state index in [1.54, 1.807) is 6.07 Å². The Balaban J connectivity index is 1.52. The molecule has 4 aromatic rings. The number of halogens is 1. The fourth-order valence-corrected chi connectivity index (χ4v) is 5.92. The predicted molar refractivity (Wildman–Crippen MR) is 139 cm³/mol. The Kier molecular flexibility index (Phi) is 5.66. The van der Waals surface area contributed by atoms with Gasteiger partial charge in [0.1, 0.15) is 5.52 Å². The molecule has 2 aliphatic heterocycles. The van der Waals surface area contributed by atoms with Crippen molar-refractivity contribution < 1.29 is 23.1 Å². The van der Waals surface area contributed by atoms with E-state index in [0.717, 1.165) is 74.0 Å². The standard InChI is InChI=1S/C30H29FN2O4/c1-16-19-8-7-11-36-29(19)24(31)12-20(16)28-18(3)23-15-33(30-32-25-9-5-6-10-26(25)37-30)14-22(23)17(2)21(28)13-27(34)35-4/h5-6,9-10,12H,7-8,11,13-15H2,1-4H3. The van der Waals surface area contributed by atoms with Crippen LogP contribution in [0.2, 0.25) is 0 Å². The van der Waals surface area contributed by atoms with Crippen LogP contribution in [0.1, 0.15) is 45.4 Å². The number of rotatable bonds is 4. The van der Waals surface area contributed by atoms with E-state index in [9.17, 15) is 4.79 Å². The number of nitrogens with zero attached hydrogens (tertiary/aromatic N) is 2. The molecule has 0 fully saturated rings. The van der Waals surface area contributed by atoms with Gasteiger partial charge in [-0.3, -0.25) is 4.79 Å². The van der Waals surface area contributed by atoms with Crippen molar-refractivity contribution in [1.29, 1.82) is 0 Å². The molecule has 0 N–H and O–H groups in total. The number of ether oxygens (including phenoxy) is 2. The monoisotopic (exact) mass is 500 g/mol. The smallest absolute Gasteiger partial charge is 0.310 e. The van der Waals surface area contributed by atoms with Gasteiger partial charge in [-0.2, -0.15) is 4.98 Å². The summed E-state index contributed by atoms with van der Waals surface area (Å²) in [5, 5.41) is 0. The quantitative estimate of drug-likeness (QED) is 0.315. The number of benzene rings is 3. The van der Waals surface area contributed by atoms with Gasteiger partial charge in [0.05, 0.1) is 20.1 Å². The van der Waals surface area contributed by atoms with E-state index in [0.29, 0.717) is 31.5 Å². The van der Waals surface area contributed by atoms with Gasteiger partial charge >= 0.3 is 5.97 Å². The molecular weight excluding hydrogens is 471 g/mol. The van der Waals surface area contributed by atoms with Crippen LogP contribution < -0.4 is 9.64 Å². The minimum absolute atomic E-state index is 0.114. The molecule has 1 aromatic heterocycles. The number of para-hydroxylation sites is 2. The van der Waals surface area contributed by atoms with Crippen LogP contribution >= 0.6 is 0 Å². The van der Waals surface area contributed by atoms with Crippen LogP contribution in [0.15, 0.2) is 34.7 Å². The number of esters is 1. The molecule has 6 rings (SSSR count). The van der Waals surface area contributed by atoms with Crippen molar-refractivity contribution in [2.24, 2.45) is 0 Å². The fraction of sp³-hybridized carbons (Fsp3) is 0.333. The maximum absolute atomic E-state index is 15.3. The summed E-state index contributed by atoms with van der Waals surface area (Å²) in [6.07, 6.45) is 1.74. The number of methoxy groups -OCH3 is 1. The zero-order valence-corrected chi connectivity index (χ0v) is 21.5. The molecule has 3 heterocycles. The van der Waals surface area contributed by atoms with Crippen molar-refractivity contribution in [2.45, 2.75) is 53.1 Å². The van der Waals surface area contributed by atoms with E-state index in [4.69, 9.17) is 18.9 Å². The molecule has 0 bridgehead atoms. The zero-order chi connectivity index (χ0) is 25.8. The fourth-order valence-electron chi connectivity index (χ4n) is 5.92. The number of aromatic nitrogens is 1. The first-order valence-electron chi connectivity index (χ1n) is 12.6. The molecular formula is C30H29FN2O4. The van der Waals surface area contributed by atoms with Gasteiger partial charge in [-0.05, 0) is 96.3 Å². The van der Waals surface area contributed by atoms with E-state index >= 15 is 4.39 Å². The van der Waals surface area contributed by atoms with Crippen LogP contribution in [0, 0.1) is 26.6 Å². The van der Waals surface area contributed by atoms with Crippen LogP contribution in [-0.4, -0.2) is 24.7 Å². The highest BCUT2D eigenvalue weighted by atomic mass is 19.1. The zero-order valence-electron chi connectivity index (χ0n) is 21.5. The number of anilines is 1. The van der Waals surface area contributed by atoms with Crippen molar-refractivity contribution in [3.8, 4) is 16.9 Å². The minimum Gasteiger partial charge on any atom is -0.490 e. The maximum Gasteiger partial charge on any atom is 0.310 e. The summed E-state index contributed by atoms with van der Waals surface area (Å²) in [6.45, 7) is 7.90. The number of hydrogen-bond donors (Lipinski definition) is 0. The molecule has 37 heavy (non-hydrogen) atoms. The van der Waals surface area contributed by atoms with Crippen LogP contribution in [0.4, 0.5) is 10.4 Å². The first-order chi connectivity index (χ1) is 17.9. The van der Waals surface area contributed by atoms with E-state index < -0.39 is 0 Å². The summed E-state index contributed by atoms with van der Waals surface area (Å²) in [7, 11) is 1.40. The summed E-state index contributed by atoms with van der Waals surface area (Å²) in [5.41, 5.74) is 10.4. The lowest BCUT2D eigenvalue weighted by atomic mass is 9.81. The molecule has 0 atom stereocenters. The highest BCUT2D eigenvalue weighted by Gasteiger charge is 2.32. The van der Waals surface area contributed by atoms with Crippen molar-refractivity contribution in [3.63, 3.8) is 0 Å². The normalized spacial score (nSPS) is 14.5. The molecule has 7 heteroatoms. The average Bonchev–Trinajstić information content (AvgIpc) is 3.55. The molecule has 190 valence electrons. The van der Waals surface area contributed by atoms with E-state index in [2.05, 4.69) is 11.8 Å². The average molecular weight is 501 g/mol. The first-order valence-corrected chi connectivity index (χ1v) is 12.6. The molecule has 0 amide bonds. The summed E-state index contributed by atoms with van der Waals surface area (Å²) >= 11 is 0. The second kappa shape index (κ2) is 8.91. The minimum atomic E-state index is -0.357. The van der Waals surface area contributed by atoms with Crippen LogP contribution in [0.25, 0.3) is 22.2 Å². The van der Waals surface area contributed by atoms with Gasteiger partial charge < -0.3 is 18.8 Å². The summed E-state index contributed by atoms with van der Waals surface area (Å²) in [5.74, 6) is -0.318. The molecule has 6 nitrogen and oxygen atoms in total. The summed E-state index contributed by atoms with van der Waals surface area (Å²) in [4.78, 5) is 19.4. The molecule has 3 aromatic carbocycles. The van der Waals surface area contributed by atoms with Crippen molar-refractivity contribution in [2.75, 3.05) is 18.6 Å². The Hall–Kier alpha value is -3.87. The van der Waals surface area contributed by atoms with Gasteiger partial charge in [0.2, 0.25) is 0 Å². The van der Waals surface area contributed by atoms with Gasteiger partial charge in [-0.1, -0.05) is 12.1 Å². The van der Waals surface area contributed by atoms with Crippen LogP contribution in [0.5, 0.6) is 5.75 Å². The Morgan fingerprint density at radius 2 is 1.84 bits per heavy atom. The van der Waals surface area contributed by atoms with E-state index in [-0.39, 0.29) is 18.2 Å². The summed E-state index contributed by atoms with van der Waals surface area (Å²) in [6, 6.07) is 9.86. The van der Waals surface area contributed by atoms with Crippen molar-refractivity contribution in [1.82, 2.24) is 4.98 Å². The molecule has 2 aliphatic rings. The van der Waals surface area contributed by atoms with Crippen molar-refractivity contribution >= 4 is 23.1 Å².